The second-order valence-corrected chi connectivity index (χ2v) is 8.06. The average Bonchev–Trinajstić information content (AvgIpc) is 3.44. The fraction of sp³-hybridized carbons (Fsp3) is 0.316. The minimum Gasteiger partial charge on any atom is -0.497 e. The normalized spacial score (nSPS) is 14.0. The molecule has 138 valence electrons. The maximum absolute atomic E-state index is 12.1. The van der Waals surface area contributed by atoms with Crippen LogP contribution in [0.2, 0.25) is 0 Å². The fourth-order valence-electron chi connectivity index (χ4n) is 2.51. The Labute approximate surface area is 153 Å². The van der Waals surface area contributed by atoms with Crippen molar-refractivity contribution in [3.8, 4) is 5.75 Å². The summed E-state index contributed by atoms with van der Waals surface area (Å²) in [6, 6.07) is 14.0. The molecule has 1 aliphatic carbocycles. The van der Waals surface area contributed by atoms with Crippen molar-refractivity contribution in [3.05, 3.63) is 59.7 Å². The molecule has 0 aromatic heterocycles. The van der Waals surface area contributed by atoms with Crippen LogP contribution < -0.4 is 14.8 Å². The van der Waals surface area contributed by atoms with E-state index in [1.807, 2.05) is 24.3 Å². The van der Waals surface area contributed by atoms with Crippen LogP contribution in [0.25, 0.3) is 0 Å². The lowest BCUT2D eigenvalue weighted by molar-refractivity contribution is -0.120. The first-order valence-corrected chi connectivity index (χ1v) is 9.95. The van der Waals surface area contributed by atoms with Crippen molar-refractivity contribution in [1.29, 1.82) is 0 Å². The van der Waals surface area contributed by atoms with Gasteiger partial charge in [0.25, 0.3) is 0 Å². The highest BCUT2D eigenvalue weighted by Crippen LogP contribution is 2.22. The molecule has 2 aromatic carbocycles. The number of rotatable bonds is 8. The zero-order valence-electron chi connectivity index (χ0n) is 14.6. The summed E-state index contributed by atoms with van der Waals surface area (Å²) in [4.78, 5) is 12.3. The molecule has 2 aromatic rings. The summed E-state index contributed by atoms with van der Waals surface area (Å²) >= 11 is 0. The summed E-state index contributed by atoms with van der Waals surface area (Å²) < 4.78 is 32.0. The highest BCUT2D eigenvalue weighted by Gasteiger charge is 2.27. The van der Waals surface area contributed by atoms with Crippen LogP contribution in [0.1, 0.15) is 24.0 Å². The smallest absolute Gasteiger partial charge is 0.240 e. The predicted molar refractivity (Wildman–Crippen MR) is 98.3 cm³/mol. The molecule has 1 fully saturated rings. The van der Waals surface area contributed by atoms with Crippen molar-refractivity contribution in [2.75, 3.05) is 7.11 Å². The van der Waals surface area contributed by atoms with Gasteiger partial charge in [0.15, 0.2) is 0 Å². The zero-order valence-corrected chi connectivity index (χ0v) is 15.4. The number of hydrogen-bond donors (Lipinski definition) is 2. The van der Waals surface area contributed by atoms with Gasteiger partial charge >= 0.3 is 0 Å². The molecule has 2 N–H and O–H groups in total. The monoisotopic (exact) mass is 374 g/mol. The van der Waals surface area contributed by atoms with Crippen molar-refractivity contribution in [1.82, 2.24) is 10.0 Å². The van der Waals surface area contributed by atoms with Gasteiger partial charge < -0.3 is 10.1 Å². The lowest BCUT2D eigenvalue weighted by atomic mass is 10.1. The van der Waals surface area contributed by atoms with Crippen LogP contribution in [0, 0.1) is 0 Å². The lowest BCUT2D eigenvalue weighted by Crippen LogP contribution is -2.26. The number of amides is 1. The van der Waals surface area contributed by atoms with Crippen molar-refractivity contribution < 1.29 is 17.9 Å². The molecule has 0 spiro atoms. The molecule has 3 rings (SSSR count). The Morgan fingerprint density at radius 3 is 2.50 bits per heavy atom. The second-order valence-electron chi connectivity index (χ2n) is 6.34. The van der Waals surface area contributed by atoms with Crippen molar-refractivity contribution in [2.24, 2.45) is 0 Å². The predicted octanol–water partition coefficient (Wildman–Crippen LogP) is 1.99. The number of sulfonamides is 1. The largest absolute Gasteiger partial charge is 0.497 e. The highest BCUT2D eigenvalue weighted by atomic mass is 32.2. The molecule has 0 heterocycles. The molecule has 6 nitrogen and oxygen atoms in total. The van der Waals surface area contributed by atoms with Crippen LogP contribution in [0.5, 0.6) is 5.75 Å². The number of carbonyl (C=O) groups excluding carboxylic acids is 1. The van der Waals surface area contributed by atoms with Crippen molar-refractivity contribution in [2.45, 2.75) is 36.7 Å². The topological polar surface area (TPSA) is 84.5 Å². The summed E-state index contributed by atoms with van der Waals surface area (Å²) in [5.41, 5.74) is 1.71. The van der Waals surface area contributed by atoms with Crippen LogP contribution in [-0.2, 0) is 27.8 Å². The summed E-state index contributed by atoms with van der Waals surface area (Å²) in [6.07, 6.45) is 2.06. The molecule has 1 saturated carbocycles. The van der Waals surface area contributed by atoms with Gasteiger partial charge in [0.2, 0.25) is 15.9 Å². The minimum absolute atomic E-state index is 0.0792. The Hall–Kier alpha value is -2.38. The molecule has 0 radical (unpaired) electrons. The summed E-state index contributed by atoms with van der Waals surface area (Å²) in [7, 11) is -1.86. The second kappa shape index (κ2) is 7.88. The summed E-state index contributed by atoms with van der Waals surface area (Å²) in [5, 5.41) is 2.84. The first-order chi connectivity index (χ1) is 12.5. The van der Waals surface area contributed by atoms with E-state index in [4.69, 9.17) is 4.74 Å². The van der Waals surface area contributed by atoms with Gasteiger partial charge in [-0.25, -0.2) is 13.1 Å². The molecule has 0 atom stereocenters. The maximum Gasteiger partial charge on any atom is 0.240 e. The van der Waals surface area contributed by atoms with E-state index in [0.717, 1.165) is 24.0 Å². The first kappa shape index (κ1) is 18.4. The molecule has 1 amide bonds. The molecule has 1 aliphatic rings. The SMILES string of the molecule is COc1cccc(CC(=O)NCc2ccc(S(=O)(=O)NC3CC3)cc2)c1. The number of nitrogens with one attached hydrogen (secondary N) is 2. The van der Waals surface area contributed by atoms with Gasteiger partial charge in [-0.05, 0) is 48.2 Å². The van der Waals surface area contributed by atoms with E-state index in [1.54, 1.807) is 31.4 Å². The molecule has 7 heteroatoms. The maximum atomic E-state index is 12.1. The lowest BCUT2D eigenvalue weighted by Gasteiger charge is -2.08. The Morgan fingerprint density at radius 1 is 1.12 bits per heavy atom. The standard InChI is InChI=1S/C19H22N2O4S/c1-25-17-4-2-3-15(11-17)12-19(22)20-13-14-5-9-18(10-6-14)26(23,24)21-16-7-8-16/h2-6,9-11,16,21H,7-8,12-13H2,1H3,(H,20,22). The molecule has 0 aliphatic heterocycles. The van der Waals surface area contributed by atoms with Gasteiger partial charge in [-0.15, -0.1) is 0 Å². The molecule has 0 unspecified atom stereocenters. The van der Waals surface area contributed by atoms with Gasteiger partial charge in [0.05, 0.1) is 18.4 Å². The Balaban J connectivity index is 1.53. The molecule has 0 bridgehead atoms. The van der Waals surface area contributed by atoms with E-state index in [2.05, 4.69) is 10.0 Å². The van der Waals surface area contributed by atoms with Crippen LogP contribution in [0.15, 0.2) is 53.4 Å². The molecule has 0 saturated heterocycles. The number of hydrogen-bond acceptors (Lipinski definition) is 4. The first-order valence-electron chi connectivity index (χ1n) is 8.47. The van der Waals surface area contributed by atoms with E-state index in [0.29, 0.717) is 12.3 Å². The van der Waals surface area contributed by atoms with E-state index < -0.39 is 10.0 Å². The van der Waals surface area contributed by atoms with Crippen LogP contribution in [-0.4, -0.2) is 27.5 Å². The summed E-state index contributed by atoms with van der Waals surface area (Å²) in [6.45, 7) is 0.346. The minimum atomic E-state index is -3.44. The third kappa shape index (κ3) is 5.06. The van der Waals surface area contributed by atoms with Gasteiger partial charge in [-0.2, -0.15) is 0 Å². The van der Waals surface area contributed by atoms with E-state index in [1.165, 1.54) is 0 Å². The quantitative estimate of drug-likeness (QED) is 0.740. The van der Waals surface area contributed by atoms with Crippen molar-refractivity contribution in [3.63, 3.8) is 0 Å². The number of ether oxygens (including phenoxy) is 1. The molecular weight excluding hydrogens is 352 g/mol. The number of methoxy groups -OCH3 is 1. The van der Waals surface area contributed by atoms with Crippen LogP contribution in [0.4, 0.5) is 0 Å². The fourth-order valence-corrected chi connectivity index (χ4v) is 3.81. The number of benzene rings is 2. The molecular formula is C19H22N2O4S. The van der Waals surface area contributed by atoms with E-state index in [9.17, 15) is 13.2 Å². The average molecular weight is 374 g/mol. The summed E-state index contributed by atoms with van der Waals surface area (Å²) in [5.74, 6) is 0.609. The van der Waals surface area contributed by atoms with Gasteiger partial charge in [-0.1, -0.05) is 24.3 Å². The van der Waals surface area contributed by atoms with E-state index in [-0.39, 0.29) is 23.3 Å². The Kier molecular flexibility index (Phi) is 5.58. The van der Waals surface area contributed by atoms with Gasteiger partial charge in [0.1, 0.15) is 5.75 Å². The van der Waals surface area contributed by atoms with E-state index >= 15 is 0 Å². The third-order valence-corrected chi connectivity index (χ3v) is 5.66. The van der Waals surface area contributed by atoms with Crippen LogP contribution in [0.3, 0.4) is 0 Å². The Bertz CT molecular complexity index is 875. The van der Waals surface area contributed by atoms with Gasteiger partial charge in [0, 0.05) is 12.6 Å². The molecule has 26 heavy (non-hydrogen) atoms. The number of carbonyl (C=O) groups is 1. The zero-order chi connectivity index (χ0) is 18.6. The van der Waals surface area contributed by atoms with Gasteiger partial charge in [-0.3, -0.25) is 4.79 Å². The Morgan fingerprint density at radius 2 is 1.85 bits per heavy atom. The highest BCUT2D eigenvalue weighted by molar-refractivity contribution is 7.89. The van der Waals surface area contributed by atoms with Crippen LogP contribution >= 0.6 is 0 Å². The third-order valence-electron chi connectivity index (χ3n) is 4.12. The van der Waals surface area contributed by atoms with Crippen molar-refractivity contribution >= 4 is 15.9 Å².